The molecule has 1 heterocycles. The molecule has 2 aliphatic rings. The van der Waals surface area contributed by atoms with E-state index in [1.807, 2.05) is 6.92 Å². The van der Waals surface area contributed by atoms with E-state index in [2.05, 4.69) is 23.8 Å². The molecule has 3 N–H and O–H groups in total. The van der Waals surface area contributed by atoms with Gasteiger partial charge in [0.1, 0.15) is 0 Å². The maximum Gasteiger partial charge on any atom is 0.189 e. The molecule has 0 bridgehead atoms. The van der Waals surface area contributed by atoms with Crippen LogP contribution in [0.2, 0.25) is 0 Å². The average molecular weight is 409 g/mol. The molecule has 0 aromatic carbocycles. The summed E-state index contributed by atoms with van der Waals surface area (Å²) in [5.41, 5.74) is 7.14. The number of hydrogen-bond acceptors (Lipinski definition) is 3. The fourth-order valence-corrected chi connectivity index (χ4v) is 3.25. The first-order valence-corrected chi connectivity index (χ1v) is 7.48. The molecular weight excluding hydrogens is 381 g/mol. The van der Waals surface area contributed by atoms with Crippen molar-refractivity contribution < 1.29 is 9.47 Å². The van der Waals surface area contributed by atoms with Gasteiger partial charge in [-0.25, -0.2) is 4.99 Å². The fraction of sp³-hybridized carbons (Fsp3) is 0.800. The molecule has 1 aliphatic heterocycles. The summed E-state index contributed by atoms with van der Waals surface area (Å²) in [6.07, 6.45) is 3.38. The summed E-state index contributed by atoms with van der Waals surface area (Å²) in [5, 5.41) is 3.37. The van der Waals surface area contributed by atoms with Crippen molar-refractivity contribution in [2.24, 2.45) is 16.1 Å². The number of rotatable bonds is 5. The van der Waals surface area contributed by atoms with Gasteiger partial charge in [-0.15, -0.1) is 24.0 Å². The molecule has 0 radical (unpaired) electrons. The monoisotopic (exact) mass is 409 g/mol. The molecule has 0 amide bonds. The lowest BCUT2D eigenvalue weighted by molar-refractivity contribution is -0.169. The lowest BCUT2D eigenvalue weighted by atomic mass is 9.57. The molecule has 2 unspecified atom stereocenters. The minimum absolute atomic E-state index is 0. The Balaban J connectivity index is 0.00000220. The molecular formula is C15H28IN3O2. The molecule has 21 heavy (non-hydrogen) atoms. The highest BCUT2D eigenvalue weighted by atomic mass is 127. The lowest BCUT2D eigenvalue weighted by Crippen LogP contribution is -2.67. The van der Waals surface area contributed by atoms with Crippen LogP contribution in [0.15, 0.2) is 17.1 Å². The van der Waals surface area contributed by atoms with E-state index in [-0.39, 0.29) is 29.4 Å². The van der Waals surface area contributed by atoms with E-state index in [1.165, 1.54) is 0 Å². The number of nitrogens with two attached hydrogens (primary N) is 1. The van der Waals surface area contributed by atoms with Crippen molar-refractivity contribution >= 4 is 29.9 Å². The molecule has 2 atom stereocenters. The Morgan fingerprint density at radius 1 is 1.48 bits per heavy atom. The second kappa shape index (κ2) is 8.33. The molecule has 1 spiro atoms. The maximum absolute atomic E-state index is 5.97. The summed E-state index contributed by atoms with van der Waals surface area (Å²) in [6.45, 7) is 10.8. The van der Waals surface area contributed by atoms with Gasteiger partial charge in [-0.1, -0.05) is 12.2 Å². The molecule has 1 saturated carbocycles. The number of nitrogens with one attached hydrogen (secondary N) is 1. The zero-order valence-electron chi connectivity index (χ0n) is 13.1. The van der Waals surface area contributed by atoms with Gasteiger partial charge in [-0.2, -0.15) is 0 Å². The normalized spacial score (nSPS) is 27.6. The maximum atomic E-state index is 5.97. The molecule has 1 aliphatic carbocycles. The van der Waals surface area contributed by atoms with Gasteiger partial charge in [0.25, 0.3) is 0 Å². The highest BCUT2D eigenvalue weighted by Gasteiger charge is 2.56. The summed E-state index contributed by atoms with van der Waals surface area (Å²) < 4.78 is 11.4. The van der Waals surface area contributed by atoms with Gasteiger partial charge in [0.2, 0.25) is 0 Å². The van der Waals surface area contributed by atoms with Crippen molar-refractivity contribution in [3.05, 3.63) is 12.2 Å². The van der Waals surface area contributed by atoms with Crippen LogP contribution in [0.3, 0.4) is 0 Å². The van der Waals surface area contributed by atoms with Crippen LogP contribution in [-0.4, -0.2) is 44.5 Å². The summed E-state index contributed by atoms with van der Waals surface area (Å²) in [5.74, 6) is 0.513. The van der Waals surface area contributed by atoms with E-state index in [9.17, 15) is 0 Å². The van der Waals surface area contributed by atoms with Crippen LogP contribution in [0.5, 0.6) is 0 Å². The van der Waals surface area contributed by atoms with Gasteiger partial charge < -0.3 is 20.5 Å². The SMILES string of the molecule is C=C(C)CN=C(N)NC1CC(OCC)C12CCOCC2.I. The standard InChI is InChI=1S/C15H27N3O2.HI/c1-4-20-13-9-12(15(13)5-7-19-8-6-15)18-14(16)17-10-11(2)3;/h12-13H,2,4-10H2,1,3H3,(H3,16,17,18);1H. The summed E-state index contributed by atoms with van der Waals surface area (Å²) >= 11 is 0. The Bertz CT molecular complexity index is 381. The Kier molecular flexibility index (Phi) is 7.42. The second-order valence-electron chi connectivity index (χ2n) is 5.88. The quantitative estimate of drug-likeness (QED) is 0.316. The molecule has 122 valence electrons. The zero-order chi connectivity index (χ0) is 14.6. The van der Waals surface area contributed by atoms with Crippen molar-refractivity contribution in [3.63, 3.8) is 0 Å². The zero-order valence-corrected chi connectivity index (χ0v) is 15.4. The highest BCUT2D eigenvalue weighted by Crippen LogP contribution is 2.50. The van der Waals surface area contributed by atoms with Crippen LogP contribution in [0.4, 0.5) is 0 Å². The summed E-state index contributed by atoms with van der Waals surface area (Å²) in [7, 11) is 0. The third-order valence-electron chi connectivity index (χ3n) is 4.42. The highest BCUT2D eigenvalue weighted by molar-refractivity contribution is 14.0. The lowest BCUT2D eigenvalue weighted by Gasteiger charge is -2.57. The van der Waals surface area contributed by atoms with Crippen LogP contribution < -0.4 is 11.1 Å². The third-order valence-corrected chi connectivity index (χ3v) is 4.42. The smallest absolute Gasteiger partial charge is 0.189 e. The van der Waals surface area contributed by atoms with Gasteiger partial charge in [-0.05, 0) is 33.1 Å². The van der Waals surface area contributed by atoms with Gasteiger partial charge in [0.05, 0.1) is 12.6 Å². The number of halogens is 1. The van der Waals surface area contributed by atoms with E-state index < -0.39 is 0 Å². The first kappa shape index (κ1) is 18.7. The topological polar surface area (TPSA) is 68.9 Å². The number of aliphatic imine (C=N–C) groups is 1. The number of nitrogens with zero attached hydrogens (tertiary/aromatic N) is 1. The summed E-state index contributed by atoms with van der Waals surface area (Å²) in [6, 6.07) is 0.344. The molecule has 1 saturated heterocycles. The number of guanidine groups is 1. The molecule has 0 aromatic heterocycles. The van der Waals surface area contributed by atoms with E-state index in [0.717, 1.165) is 44.7 Å². The minimum Gasteiger partial charge on any atom is -0.381 e. The molecule has 5 nitrogen and oxygen atoms in total. The van der Waals surface area contributed by atoms with Crippen LogP contribution in [0.1, 0.15) is 33.1 Å². The van der Waals surface area contributed by atoms with Crippen molar-refractivity contribution in [1.29, 1.82) is 0 Å². The van der Waals surface area contributed by atoms with Gasteiger partial charge in [0, 0.05) is 31.3 Å². The first-order chi connectivity index (χ1) is 9.58. The Labute approximate surface area is 144 Å². The number of hydrogen-bond donors (Lipinski definition) is 2. The Hall–Kier alpha value is -0.340. The van der Waals surface area contributed by atoms with Gasteiger partial charge >= 0.3 is 0 Å². The van der Waals surface area contributed by atoms with Crippen molar-refractivity contribution in [1.82, 2.24) is 5.32 Å². The molecule has 0 aromatic rings. The minimum atomic E-state index is 0. The average Bonchev–Trinajstić information content (AvgIpc) is 2.45. The van der Waals surface area contributed by atoms with E-state index in [4.69, 9.17) is 15.2 Å². The van der Waals surface area contributed by atoms with Crippen LogP contribution in [-0.2, 0) is 9.47 Å². The van der Waals surface area contributed by atoms with Crippen LogP contribution in [0, 0.1) is 5.41 Å². The van der Waals surface area contributed by atoms with E-state index in [1.54, 1.807) is 0 Å². The van der Waals surface area contributed by atoms with E-state index in [0.29, 0.717) is 24.7 Å². The Morgan fingerprint density at radius 3 is 2.71 bits per heavy atom. The van der Waals surface area contributed by atoms with Crippen molar-refractivity contribution in [2.45, 2.75) is 45.3 Å². The van der Waals surface area contributed by atoms with Crippen LogP contribution in [0.25, 0.3) is 0 Å². The second-order valence-corrected chi connectivity index (χ2v) is 5.88. The Morgan fingerprint density at radius 2 is 2.14 bits per heavy atom. The molecule has 6 heteroatoms. The molecule has 2 fully saturated rings. The van der Waals surface area contributed by atoms with Crippen molar-refractivity contribution in [3.8, 4) is 0 Å². The van der Waals surface area contributed by atoms with Crippen LogP contribution >= 0.6 is 24.0 Å². The van der Waals surface area contributed by atoms with Gasteiger partial charge in [0.15, 0.2) is 5.96 Å². The number of ether oxygens (including phenoxy) is 2. The first-order valence-electron chi connectivity index (χ1n) is 7.48. The predicted molar refractivity (Wildman–Crippen MR) is 96.2 cm³/mol. The summed E-state index contributed by atoms with van der Waals surface area (Å²) in [4.78, 5) is 4.31. The molecule has 2 rings (SSSR count). The predicted octanol–water partition coefficient (Wildman–Crippen LogP) is 2.06. The van der Waals surface area contributed by atoms with Crippen molar-refractivity contribution in [2.75, 3.05) is 26.4 Å². The largest absolute Gasteiger partial charge is 0.381 e. The third kappa shape index (κ3) is 4.32. The van der Waals surface area contributed by atoms with Gasteiger partial charge in [-0.3, -0.25) is 0 Å². The fourth-order valence-electron chi connectivity index (χ4n) is 3.25. The van der Waals surface area contributed by atoms with E-state index >= 15 is 0 Å².